The molecule has 0 saturated heterocycles. The topological polar surface area (TPSA) is 128 Å². The van der Waals surface area contributed by atoms with Gasteiger partial charge in [0.1, 0.15) is 0 Å². The van der Waals surface area contributed by atoms with Crippen LogP contribution in [-0.4, -0.2) is 76.8 Å². The predicted octanol–water partition coefficient (Wildman–Crippen LogP) is 4.57. The summed E-state index contributed by atoms with van der Waals surface area (Å²) in [6, 6.07) is 0. The summed E-state index contributed by atoms with van der Waals surface area (Å²) in [6.07, 6.45) is 0. The highest BCUT2D eigenvalue weighted by atomic mass is 31.3. The Morgan fingerprint density at radius 3 is 0.875 bits per heavy atom. The maximum Gasteiger partial charge on any atom is 0.218 e. The Morgan fingerprint density at radius 1 is 0.438 bits per heavy atom. The zero-order valence-corrected chi connectivity index (χ0v) is 25.3. The molecule has 0 bridgehead atoms. The van der Waals surface area contributed by atoms with Crippen molar-refractivity contribution in [1.82, 2.24) is 39.9 Å². The van der Waals surface area contributed by atoms with Gasteiger partial charge >= 0.3 is 0 Å². The molecule has 0 amide bonds. The van der Waals surface area contributed by atoms with Crippen LogP contribution in [0.3, 0.4) is 0 Å². The molecule has 0 aromatic rings. The monoisotopic (exact) mass is 532 g/mol. The first-order valence-corrected chi connectivity index (χ1v) is 18.2. The van der Waals surface area contributed by atoms with E-state index >= 15 is 0 Å². The van der Waals surface area contributed by atoms with E-state index in [2.05, 4.69) is 81.4 Å². The molecule has 0 spiro atoms. The van der Waals surface area contributed by atoms with Crippen molar-refractivity contribution in [1.29, 1.82) is 0 Å². The molecule has 6 N–H and O–H groups in total. The third-order valence-corrected chi connectivity index (χ3v) is 19.3. The van der Waals surface area contributed by atoms with Crippen LogP contribution in [0.1, 0.15) is 41.5 Å². The van der Waals surface area contributed by atoms with E-state index in [1.165, 1.54) is 0 Å². The van der Waals surface area contributed by atoms with Crippen LogP contribution in [0.4, 0.5) is 0 Å². The summed E-state index contributed by atoms with van der Waals surface area (Å²) in [5.41, 5.74) is 0. The minimum Gasteiger partial charge on any atom is -0.254 e. The second-order valence-electron chi connectivity index (χ2n) is 7.46. The quantitative estimate of drug-likeness (QED) is 0.180. The van der Waals surface area contributed by atoms with Gasteiger partial charge in [-0.3, -0.25) is 30.5 Å². The van der Waals surface area contributed by atoms with Crippen LogP contribution >= 0.6 is 30.0 Å². The van der Waals surface area contributed by atoms with Crippen molar-refractivity contribution in [2.24, 2.45) is 18.1 Å². The molecule has 32 heavy (non-hydrogen) atoms. The van der Waals surface area contributed by atoms with E-state index in [-0.39, 0.29) is 0 Å². The van der Waals surface area contributed by atoms with Crippen molar-refractivity contribution in [3.63, 3.8) is 0 Å². The summed E-state index contributed by atoms with van der Waals surface area (Å²) >= 11 is 0. The molecule has 2 unspecified atom stereocenters. The molecule has 192 valence electrons. The molecular weight excluding hydrogens is 484 g/mol. The van der Waals surface area contributed by atoms with Crippen molar-refractivity contribution in [2.45, 2.75) is 41.5 Å². The van der Waals surface area contributed by atoms with E-state index < -0.39 is 30.0 Å². The molecule has 0 aliphatic carbocycles. The van der Waals surface area contributed by atoms with Crippen LogP contribution in [0, 0.1) is 0 Å². The molecule has 0 radical (unpaired) electrons. The second-order valence-corrected chi connectivity index (χ2v) is 18.5. The van der Waals surface area contributed by atoms with Gasteiger partial charge in [0.05, 0.1) is 0 Å². The largest absolute Gasteiger partial charge is 0.254 e. The molecule has 1 aliphatic rings. The van der Waals surface area contributed by atoms with Crippen molar-refractivity contribution in [3.05, 3.63) is 0 Å². The van der Waals surface area contributed by atoms with E-state index in [9.17, 15) is 0 Å². The first-order chi connectivity index (χ1) is 15.1. The second kappa shape index (κ2) is 13.6. The minimum absolute atomic E-state index is 0.744. The van der Waals surface area contributed by atoms with E-state index in [4.69, 9.17) is 18.1 Å². The molecule has 12 nitrogen and oxygen atoms in total. The zero-order valence-electron chi connectivity index (χ0n) is 21.7. The summed E-state index contributed by atoms with van der Waals surface area (Å²) in [4.78, 5) is 0. The van der Waals surface area contributed by atoms with Crippen molar-refractivity contribution in [2.75, 3.05) is 67.5 Å². The molecule has 0 saturated carbocycles. The van der Waals surface area contributed by atoms with E-state index in [0.717, 1.165) is 39.3 Å². The van der Waals surface area contributed by atoms with Gasteiger partial charge in [0, 0.05) is 39.3 Å². The average molecular weight is 533 g/mol. The van der Waals surface area contributed by atoms with Crippen LogP contribution in [0.5, 0.6) is 0 Å². The fourth-order valence-electron chi connectivity index (χ4n) is 3.19. The summed E-state index contributed by atoms with van der Waals surface area (Å²) in [6.45, 7) is 17.0. The van der Waals surface area contributed by atoms with Crippen LogP contribution in [0.2, 0.25) is 0 Å². The Morgan fingerprint density at radius 2 is 0.688 bits per heavy atom. The van der Waals surface area contributed by atoms with Crippen molar-refractivity contribution < 1.29 is 0 Å². The van der Waals surface area contributed by atoms with Crippen molar-refractivity contribution in [3.8, 4) is 0 Å². The van der Waals surface area contributed by atoms with Gasteiger partial charge in [-0.25, -0.2) is 9.34 Å². The van der Waals surface area contributed by atoms with Gasteiger partial charge in [0.15, 0.2) is 0 Å². The Labute approximate surface area is 197 Å². The number of nitrogens with zero attached hydrogens (tertiary/aromatic N) is 6. The number of rotatable bonds is 14. The summed E-state index contributed by atoms with van der Waals surface area (Å²) in [5.74, 6) is 0. The van der Waals surface area contributed by atoms with Gasteiger partial charge in [-0.2, -0.15) is 18.1 Å². The SMILES string of the molecule is CCNP1(NCC)=NP(NCC)(N(C)C)=NP(NCC)(NCC)=NP(NCC)(N(C)C)=N1. The average Bonchev–Trinajstić information content (AvgIpc) is 2.67. The van der Waals surface area contributed by atoms with Gasteiger partial charge in [-0.15, -0.1) is 0 Å². The Balaban J connectivity index is 4.36. The Hall–Kier alpha value is 0.600. The van der Waals surface area contributed by atoms with Gasteiger partial charge < -0.3 is 0 Å². The minimum atomic E-state index is -2.55. The third kappa shape index (κ3) is 7.30. The first kappa shape index (κ1) is 30.6. The highest BCUT2D eigenvalue weighted by molar-refractivity contribution is 7.83. The maximum atomic E-state index is 5.52. The normalized spacial score (nSPS) is 27.1. The van der Waals surface area contributed by atoms with Crippen LogP contribution in [0.15, 0.2) is 18.1 Å². The lowest BCUT2D eigenvalue weighted by atomic mass is 10.8. The summed E-state index contributed by atoms with van der Waals surface area (Å²) < 4.78 is 26.3. The molecule has 1 rings (SSSR count). The predicted molar refractivity (Wildman–Crippen MR) is 147 cm³/mol. The molecular formula is C16H48N12P4. The highest BCUT2D eigenvalue weighted by Crippen LogP contribution is 2.73. The lowest BCUT2D eigenvalue weighted by Crippen LogP contribution is -2.30. The molecule has 1 heterocycles. The fraction of sp³-hybridized carbons (Fsp3) is 1.00. The van der Waals surface area contributed by atoms with Crippen molar-refractivity contribution >= 4 is 30.0 Å². The zero-order chi connectivity index (χ0) is 24.5. The lowest BCUT2D eigenvalue weighted by molar-refractivity contribution is 0.647. The van der Waals surface area contributed by atoms with E-state index in [1.54, 1.807) is 0 Å². The first-order valence-electron chi connectivity index (χ1n) is 11.5. The van der Waals surface area contributed by atoms with Gasteiger partial charge in [-0.1, -0.05) is 41.5 Å². The fourth-order valence-corrected chi connectivity index (χ4v) is 19.8. The Kier molecular flexibility index (Phi) is 13.0. The standard InChI is InChI=1S/C16H48N12P4/c1-11-17-29(18-12-2)23-31(21-15-5,27(7)8)25-30(19-13-3,20-14-4)26-32(24-29,22-16-6)28(9)10/h17-22H,11-16H2,1-10H3. The molecule has 2 atom stereocenters. The maximum absolute atomic E-state index is 5.52. The molecule has 0 aromatic carbocycles. The molecule has 0 aromatic heterocycles. The Bertz CT molecular complexity index is 721. The van der Waals surface area contributed by atoms with Crippen LogP contribution in [-0.2, 0) is 0 Å². The van der Waals surface area contributed by atoms with Gasteiger partial charge in [-0.05, 0) is 28.2 Å². The van der Waals surface area contributed by atoms with E-state index in [0.29, 0.717) is 0 Å². The molecule has 1 aliphatic heterocycles. The smallest absolute Gasteiger partial charge is 0.218 e. The van der Waals surface area contributed by atoms with Gasteiger partial charge in [0.2, 0.25) is 30.0 Å². The molecule has 0 fully saturated rings. The number of hydrogen-bond donors (Lipinski definition) is 6. The summed E-state index contributed by atoms with van der Waals surface area (Å²) in [7, 11) is -1.99. The van der Waals surface area contributed by atoms with Crippen LogP contribution in [0.25, 0.3) is 0 Å². The van der Waals surface area contributed by atoms with Gasteiger partial charge in [0.25, 0.3) is 0 Å². The van der Waals surface area contributed by atoms with Crippen LogP contribution < -0.4 is 30.5 Å². The highest BCUT2D eigenvalue weighted by Gasteiger charge is 2.38. The number of nitrogens with one attached hydrogen (secondary N) is 6. The van der Waals surface area contributed by atoms with E-state index in [1.807, 2.05) is 28.2 Å². The summed E-state index contributed by atoms with van der Waals surface area (Å²) in [5, 5.41) is 21.8. The third-order valence-electron chi connectivity index (χ3n) is 4.39. The lowest BCUT2D eigenvalue weighted by Gasteiger charge is -2.40. The number of hydrogen-bond acceptors (Lipinski definition) is 12. The molecule has 16 heteroatoms.